The molecule has 5 nitrogen and oxygen atoms in total. The predicted octanol–water partition coefficient (Wildman–Crippen LogP) is -0.955. The molecule has 0 saturated heterocycles. The zero-order valence-electron chi connectivity index (χ0n) is 6.62. The average molecular weight is 165 g/mol. The number of aliphatic carboxylic acids is 1. The molecule has 4 N–H and O–H groups in total. The van der Waals surface area contributed by atoms with Gasteiger partial charge in [-0.25, -0.2) is 0 Å². The number of hydrogen-bond donors (Lipinski definition) is 3. The van der Waals surface area contributed by atoms with Gasteiger partial charge in [-0.3, -0.25) is 4.79 Å². The van der Waals surface area contributed by atoms with Crippen LogP contribution < -0.4 is 5.73 Å². The highest BCUT2D eigenvalue weighted by molar-refractivity contribution is 5.62. The van der Waals surface area contributed by atoms with E-state index in [1.165, 1.54) is 0 Å². The van der Waals surface area contributed by atoms with Gasteiger partial charge in [0.1, 0.15) is 0 Å². The lowest BCUT2D eigenvalue weighted by atomic mass is 10.7. The Hall–Kier alpha value is -0.650. The van der Waals surface area contributed by atoms with Crippen molar-refractivity contribution < 1.29 is 19.7 Å². The van der Waals surface area contributed by atoms with Crippen molar-refractivity contribution in [3.8, 4) is 0 Å². The minimum atomic E-state index is -0.833. The minimum Gasteiger partial charge on any atom is -0.481 e. The van der Waals surface area contributed by atoms with Gasteiger partial charge in [-0.15, -0.1) is 0 Å². The van der Waals surface area contributed by atoms with E-state index >= 15 is 0 Å². The SMILES string of the molecule is CC(=O)O.NCCOCCO. The third kappa shape index (κ3) is 45.0. The summed E-state index contributed by atoms with van der Waals surface area (Å²) in [6.45, 7) is 2.64. The fraction of sp³-hybridized carbons (Fsp3) is 0.833. The molecule has 0 saturated carbocycles. The molecule has 68 valence electrons. The maximum Gasteiger partial charge on any atom is 0.300 e. The Morgan fingerprint density at radius 3 is 2.27 bits per heavy atom. The molecule has 0 aromatic carbocycles. The number of nitrogens with two attached hydrogens (primary N) is 1. The number of carboxylic acids is 1. The Labute approximate surface area is 65.8 Å². The van der Waals surface area contributed by atoms with Crippen molar-refractivity contribution in [3.05, 3.63) is 0 Å². The number of ether oxygens (including phenoxy) is 1. The highest BCUT2D eigenvalue weighted by Gasteiger charge is 1.78. The van der Waals surface area contributed by atoms with Crippen molar-refractivity contribution in [1.29, 1.82) is 0 Å². The lowest BCUT2D eigenvalue weighted by molar-refractivity contribution is -0.134. The van der Waals surface area contributed by atoms with E-state index in [0.717, 1.165) is 6.92 Å². The number of carboxylic acid groups (broad SMARTS) is 1. The fourth-order valence-corrected chi connectivity index (χ4v) is 0.250. The van der Waals surface area contributed by atoms with E-state index in [-0.39, 0.29) is 6.61 Å². The number of aliphatic hydroxyl groups excluding tert-OH is 1. The first-order chi connectivity index (χ1) is 5.15. The van der Waals surface area contributed by atoms with Gasteiger partial charge in [-0.2, -0.15) is 0 Å². The molecule has 0 spiro atoms. The molecule has 0 rings (SSSR count). The Bertz CT molecular complexity index is 78.7. The zero-order chi connectivity index (χ0) is 9.11. The maximum atomic E-state index is 9.00. The van der Waals surface area contributed by atoms with Crippen molar-refractivity contribution in [1.82, 2.24) is 0 Å². The zero-order valence-corrected chi connectivity index (χ0v) is 6.62. The molecule has 0 aliphatic carbocycles. The van der Waals surface area contributed by atoms with Crippen LogP contribution in [0.4, 0.5) is 0 Å². The molecule has 0 fully saturated rings. The third-order valence-corrected chi connectivity index (χ3v) is 0.498. The molecule has 0 heterocycles. The van der Waals surface area contributed by atoms with Gasteiger partial charge in [0.05, 0.1) is 19.8 Å². The molecule has 0 aliphatic rings. The van der Waals surface area contributed by atoms with Gasteiger partial charge >= 0.3 is 0 Å². The molecule has 0 amide bonds. The van der Waals surface area contributed by atoms with Crippen LogP contribution in [0.5, 0.6) is 0 Å². The molecule has 0 unspecified atom stereocenters. The second-order valence-corrected chi connectivity index (χ2v) is 1.64. The van der Waals surface area contributed by atoms with Crippen LogP contribution in [0.15, 0.2) is 0 Å². The minimum absolute atomic E-state index is 0.0833. The molecule has 5 heteroatoms. The van der Waals surface area contributed by atoms with E-state index in [0.29, 0.717) is 19.8 Å². The summed E-state index contributed by atoms with van der Waals surface area (Å²) in [7, 11) is 0. The number of carbonyl (C=O) groups is 1. The first kappa shape index (κ1) is 13.0. The van der Waals surface area contributed by atoms with E-state index in [9.17, 15) is 0 Å². The van der Waals surface area contributed by atoms with Crippen molar-refractivity contribution in [2.75, 3.05) is 26.4 Å². The van der Waals surface area contributed by atoms with Crippen LogP contribution in [-0.2, 0) is 9.53 Å². The Kier molecular flexibility index (Phi) is 14.2. The molecular weight excluding hydrogens is 150 g/mol. The van der Waals surface area contributed by atoms with E-state index in [1.54, 1.807) is 0 Å². The van der Waals surface area contributed by atoms with Crippen LogP contribution in [0.2, 0.25) is 0 Å². The molecule has 0 bridgehead atoms. The molecular formula is C6H15NO4. The van der Waals surface area contributed by atoms with Gasteiger partial charge in [0, 0.05) is 13.5 Å². The standard InChI is InChI=1S/C4H11NO2.C2H4O2/c5-1-3-7-4-2-6;1-2(3)4/h6H,1-5H2;1H3,(H,3,4). The number of aliphatic hydroxyl groups is 1. The molecule has 0 aromatic heterocycles. The smallest absolute Gasteiger partial charge is 0.300 e. The first-order valence-corrected chi connectivity index (χ1v) is 3.23. The summed E-state index contributed by atoms with van der Waals surface area (Å²) in [5, 5.41) is 15.5. The van der Waals surface area contributed by atoms with Crippen LogP contribution in [0.1, 0.15) is 6.92 Å². The van der Waals surface area contributed by atoms with Gasteiger partial charge < -0.3 is 20.7 Å². The van der Waals surface area contributed by atoms with Crippen LogP contribution >= 0.6 is 0 Å². The maximum absolute atomic E-state index is 9.00. The van der Waals surface area contributed by atoms with Crippen LogP contribution in [0, 0.1) is 0 Å². The molecule has 0 atom stereocenters. The second-order valence-electron chi connectivity index (χ2n) is 1.64. The van der Waals surface area contributed by atoms with Crippen LogP contribution in [0.25, 0.3) is 0 Å². The summed E-state index contributed by atoms with van der Waals surface area (Å²) in [4.78, 5) is 9.00. The first-order valence-electron chi connectivity index (χ1n) is 3.23. The average Bonchev–Trinajstić information content (AvgIpc) is 1.88. The van der Waals surface area contributed by atoms with Crippen LogP contribution in [0.3, 0.4) is 0 Å². The summed E-state index contributed by atoms with van der Waals surface area (Å²) in [6.07, 6.45) is 0. The summed E-state index contributed by atoms with van der Waals surface area (Å²) in [5.41, 5.74) is 5.06. The normalized spacial score (nSPS) is 8.27. The molecule has 0 aromatic rings. The summed E-state index contributed by atoms with van der Waals surface area (Å²) in [6, 6.07) is 0. The number of rotatable bonds is 4. The summed E-state index contributed by atoms with van der Waals surface area (Å²) in [5.74, 6) is -0.833. The third-order valence-electron chi connectivity index (χ3n) is 0.498. The van der Waals surface area contributed by atoms with Crippen molar-refractivity contribution in [2.45, 2.75) is 6.92 Å². The topological polar surface area (TPSA) is 92.8 Å². The van der Waals surface area contributed by atoms with E-state index in [4.69, 9.17) is 25.5 Å². The highest BCUT2D eigenvalue weighted by Crippen LogP contribution is 1.66. The van der Waals surface area contributed by atoms with Gasteiger partial charge in [0.15, 0.2) is 0 Å². The van der Waals surface area contributed by atoms with Crippen molar-refractivity contribution in [3.63, 3.8) is 0 Å². The van der Waals surface area contributed by atoms with Crippen LogP contribution in [-0.4, -0.2) is 42.5 Å². The number of hydrogen-bond acceptors (Lipinski definition) is 4. The fourth-order valence-electron chi connectivity index (χ4n) is 0.250. The van der Waals surface area contributed by atoms with Gasteiger partial charge in [0.25, 0.3) is 5.97 Å². The lowest BCUT2D eigenvalue weighted by Gasteiger charge is -1.95. The predicted molar refractivity (Wildman–Crippen MR) is 40.3 cm³/mol. The molecule has 0 aliphatic heterocycles. The Balaban J connectivity index is 0. The molecule has 0 radical (unpaired) electrons. The molecule has 11 heavy (non-hydrogen) atoms. The largest absolute Gasteiger partial charge is 0.481 e. The Morgan fingerprint density at radius 1 is 1.55 bits per heavy atom. The van der Waals surface area contributed by atoms with Gasteiger partial charge in [-0.1, -0.05) is 0 Å². The Morgan fingerprint density at radius 2 is 2.00 bits per heavy atom. The summed E-state index contributed by atoms with van der Waals surface area (Å²) >= 11 is 0. The van der Waals surface area contributed by atoms with E-state index in [2.05, 4.69) is 0 Å². The van der Waals surface area contributed by atoms with Crippen molar-refractivity contribution >= 4 is 5.97 Å². The van der Waals surface area contributed by atoms with E-state index < -0.39 is 5.97 Å². The highest BCUT2D eigenvalue weighted by atomic mass is 16.5. The van der Waals surface area contributed by atoms with Gasteiger partial charge in [-0.05, 0) is 0 Å². The van der Waals surface area contributed by atoms with Gasteiger partial charge in [0.2, 0.25) is 0 Å². The van der Waals surface area contributed by atoms with E-state index in [1.807, 2.05) is 0 Å². The quantitative estimate of drug-likeness (QED) is 0.467. The van der Waals surface area contributed by atoms with Crippen molar-refractivity contribution in [2.24, 2.45) is 5.73 Å². The monoisotopic (exact) mass is 165 g/mol. The lowest BCUT2D eigenvalue weighted by Crippen LogP contribution is -2.10. The second kappa shape index (κ2) is 12.1. The summed E-state index contributed by atoms with van der Waals surface area (Å²) < 4.78 is 4.76.